The van der Waals surface area contributed by atoms with Crippen molar-refractivity contribution in [1.29, 1.82) is 0 Å². The summed E-state index contributed by atoms with van der Waals surface area (Å²) in [6.07, 6.45) is 1.39. The molecule has 0 spiro atoms. The van der Waals surface area contributed by atoms with E-state index in [1.54, 1.807) is 24.4 Å². The Balaban J connectivity index is 1.18. The summed E-state index contributed by atoms with van der Waals surface area (Å²) in [7, 11) is 5.38. The van der Waals surface area contributed by atoms with Crippen LogP contribution in [0, 0.1) is 0 Å². The van der Waals surface area contributed by atoms with Crippen LogP contribution in [0.4, 0.5) is 17.3 Å². The molecule has 198 valence electrons. The maximum absolute atomic E-state index is 11.8. The van der Waals surface area contributed by atoms with E-state index in [1.807, 2.05) is 26.2 Å². The van der Waals surface area contributed by atoms with Gasteiger partial charge in [0.1, 0.15) is 12.2 Å². The van der Waals surface area contributed by atoms with Crippen LogP contribution in [0.2, 0.25) is 0 Å². The topological polar surface area (TPSA) is 110 Å². The van der Waals surface area contributed by atoms with Crippen molar-refractivity contribution in [2.45, 2.75) is 24.3 Å². The number of carbonyl (C=O) groups excluding carboxylic acids is 1. The number of nitrogens with zero attached hydrogens (tertiary/aromatic N) is 3. The predicted octanol–water partition coefficient (Wildman–Crippen LogP) is 2.93. The first kappa shape index (κ1) is 25.8. The molecule has 38 heavy (non-hydrogen) atoms. The molecule has 4 unspecified atom stereocenters. The number of methoxy groups -OCH3 is 1. The zero-order valence-electron chi connectivity index (χ0n) is 21.4. The van der Waals surface area contributed by atoms with Gasteiger partial charge in [-0.2, -0.15) is 0 Å². The number of ether oxygens (including phenoxy) is 3. The molecule has 3 aromatic rings. The zero-order valence-corrected chi connectivity index (χ0v) is 22.2. The minimum Gasteiger partial charge on any atom is -0.465 e. The molecular formula is C27H30N6O4S. The Morgan fingerprint density at radius 3 is 2.53 bits per heavy atom. The number of nitrogens with one attached hydrogen (secondary N) is 3. The molecule has 3 N–H and O–H groups in total. The van der Waals surface area contributed by atoms with Crippen molar-refractivity contribution < 1.29 is 19.0 Å². The molecule has 2 fully saturated rings. The number of esters is 1. The number of hydrogen-bond donors (Lipinski definition) is 3. The molecule has 2 aromatic carbocycles. The number of aromatic nitrogens is 2. The van der Waals surface area contributed by atoms with Gasteiger partial charge < -0.3 is 35.1 Å². The van der Waals surface area contributed by atoms with Crippen LogP contribution in [0.15, 0.2) is 60.8 Å². The summed E-state index contributed by atoms with van der Waals surface area (Å²) in [5, 5.41) is 10.2. The van der Waals surface area contributed by atoms with Gasteiger partial charge in [-0.05, 0) is 48.6 Å². The van der Waals surface area contributed by atoms with Crippen molar-refractivity contribution in [2.24, 2.45) is 0 Å². The van der Waals surface area contributed by atoms with Gasteiger partial charge >= 0.3 is 5.97 Å². The SMILES string of the molecule is COC(=O)c1cccc(NC(=S)NC2COC3C(Nc4nccc(-c5ccc(N(C)C)cc5)n4)COC23)c1. The second-order valence-corrected chi connectivity index (χ2v) is 9.74. The Labute approximate surface area is 226 Å². The van der Waals surface area contributed by atoms with Gasteiger partial charge in [0.25, 0.3) is 0 Å². The lowest BCUT2D eigenvalue weighted by Gasteiger charge is -2.20. The van der Waals surface area contributed by atoms with Crippen molar-refractivity contribution >= 4 is 40.6 Å². The summed E-state index contributed by atoms with van der Waals surface area (Å²) in [6.45, 7) is 0.899. The van der Waals surface area contributed by atoms with Crippen LogP contribution in [-0.4, -0.2) is 79.8 Å². The second kappa shape index (κ2) is 11.3. The minimum absolute atomic E-state index is 0.101. The average Bonchev–Trinajstić information content (AvgIpc) is 3.51. The summed E-state index contributed by atoms with van der Waals surface area (Å²) >= 11 is 5.50. The van der Waals surface area contributed by atoms with Gasteiger partial charge in [-0.15, -0.1) is 0 Å². The lowest BCUT2D eigenvalue weighted by atomic mass is 10.1. The number of benzene rings is 2. The average molecular weight is 535 g/mol. The zero-order chi connectivity index (χ0) is 26.6. The van der Waals surface area contributed by atoms with E-state index in [4.69, 9.17) is 31.4 Å². The van der Waals surface area contributed by atoms with Gasteiger partial charge in [-0.1, -0.05) is 18.2 Å². The molecular weight excluding hydrogens is 504 g/mol. The summed E-state index contributed by atoms with van der Waals surface area (Å²) in [4.78, 5) is 23.0. The second-order valence-electron chi connectivity index (χ2n) is 9.33. The molecule has 2 aliphatic heterocycles. The first-order chi connectivity index (χ1) is 18.4. The molecule has 2 saturated heterocycles. The number of anilines is 3. The van der Waals surface area contributed by atoms with Crippen molar-refractivity contribution in [3.63, 3.8) is 0 Å². The highest BCUT2D eigenvalue weighted by molar-refractivity contribution is 7.80. The molecule has 10 nitrogen and oxygen atoms in total. The molecule has 0 bridgehead atoms. The highest BCUT2D eigenvalue weighted by atomic mass is 32.1. The normalized spacial score (nSPS) is 21.9. The molecule has 0 radical (unpaired) electrons. The third-order valence-electron chi connectivity index (χ3n) is 6.56. The van der Waals surface area contributed by atoms with Crippen LogP contribution in [0.5, 0.6) is 0 Å². The predicted molar refractivity (Wildman–Crippen MR) is 150 cm³/mol. The Kier molecular flexibility index (Phi) is 7.68. The number of carbonyl (C=O) groups is 1. The molecule has 2 aliphatic rings. The highest BCUT2D eigenvalue weighted by Gasteiger charge is 2.48. The van der Waals surface area contributed by atoms with Crippen LogP contribution in [0.3, 0.4) is 0 Å². The van der Waals surface area contributed by atoms with Crippen LogP contribution in [0.25, 0.3) is 11.3 Å². The molecule has 5 rings (SSSR count). The molecule has 4 atom stereocenters. The molecule has 3 heterocycles. The lowest BCUT2D eigenvalue weighted by Crippen LogP contribution is -2.46. The Bertz CT molecular complexity index is 1300. The third-order valence-corrected chi connectivity index (χ3v) is 6.78. The first-order valence-electron chi connectivity index (χ1n) is 12.3. The number of hydrogen-bond acceptors (Lipinski definition) is 9. The van der Waals surface area contributed by atoms with Crippen LogP contribution < -0.4 is 20.9 Å². The van der Waals surface area contributed by atoms with Crippen LogP contribution in [0.1, 0.15) is 10.4 Å². The van der Waals surface area contributed by atoms with Crippen molar-refractivity contribution in [3.05, 3.63) is 66.4 Å². The minimum atomic E-state index is -0.408. The standard InChI is InChI=1S/C27H30N6O4S/c1-33(2)19-9-7-16(8-10-19)20-11-12-28-26(30-20)31-21-14-36-24-22(15-37-23(21)24)32-27(38)29-18-6-4-5-17(13-18)25(34)35-3/h4-13,21-24H,14-15H2,1-3H3,(H,28,30,31)(H2,29,32,38). The molecule has 1 aromatic heterocycles. The van der Waals surface area contributed by atoms with E-state index in [0.29, 0.717) is 35.5 Å². The van der Waals surface area contributed by atoms with E-state index < -0.39 is 5.97 Å². The number of fused-ring (bicyclic) bond motifs is 1. The van der Waals surface area contributed by atoms with Gasteiger partial charge in [0, 0.05) is 37.2 Å². The van der Waals surface area contributed by atoms with Crippen LogP contribution >= 0.6 is 12.2 Å². The quantitative estimate of drug-likeness (QED) is 0.307. The first-order valence-corrected chi connectivity index (χ1v) is 12.7. The number of rotatable bonds is 7. The van der Waals surface area contributed by atoms with Crippen molar-refractivity contribution in [1.82, 2.24) is 15.3 Å². The van der Waals surface area contributed by atoms with E-state index in [0.717, 1.165) is 16.9 Å². The molecule has 0 amide bonds. The van der Waals surface area contributed by atoms with Crippen molar-refractivity contribution in [2.75, 3.05) is 50.0 Å². The third kappa shape index (κ3) is 5.69. The monoisotopic (exact) mass is 534 g/mol. The van der Waals surface area contributed by atoms with Gasteiger partial charge in [-0.25, -0.2) is 14.8 Å². The van der Waals surface area contributed by atoms with E-state index >= 15 is 0 Å². The van der Waals surface area contributed by atoms with Gasteiger partial charge in [0.15, 0.2) is 5.11 Å². The van der Waals surface area contributed by atoms with Crippen molar-refractivity contribution in [3.8, 4) is 11.3 Å². The molecule has 11 heteroatoms. The molecule has 0 aliphatic carbocycles. The van der Waals surface area contributed by atoms with Crippen LogP contribution in [-0.2, 0) is 14.2 Å². The summed E-state index contributed by atoms with van der Waals surface area (Å²) in [6, 6.07) is 16.9. The van der Waals surface area contributed by atoms with E-state index in [-0.39, 0.29) is 24.3 Å². The van der Waals surface area contributed by atoms with Gasteiger partial charge in [-0.3, -0.25) is 0 Å². The van der Waals surface area contributed by atoms with E-state index in [1.165, 1.54) is 7.11 Å². The largest absolute Gasteiger partial charge is 0.465 e. The maximum atomic E-state index is 11.8. The fourth-order valence-corrected chi connectivity index (χ4v) is 4.88. The summed E-state index contributed by atoms with van der Waals surface area (Å²) < 4.78 is 16.9. The Morgan fingerprint density at radius 2 is 1.79 bits per heavy atom. The van der Waals surface area contributed by atoms with Gasteiger partial charge in [0.2, 0.25) is 5.95 Å². The number of thiocarbonyl (C=S) groups is 1. The fraction of sp³-hybridized carbons (Fsp3) is 0.333. The Hall–Kier alpha value is -3.80. The highest BCUT2D eigenvalue weighted by Crippen LogP contribution is 2.29. The summed E-state index contributed by atoms with van der Waals surface area (Å²) in [5.41, 5.74) is 4.10. The lowest BCUT2D eigenvalue weighted by molar-refractivity contribution is 0.0601. The van der Waals surface area contributed by atoms with E-state index in [9.17, 15) is 4.79 Å². The van der Waals surface area contributed by atoms with E-state index in [2.05, 4.69) is 50.1 Å². The molecule has 0 saturated carbocycles. The maximum Gasteiger partial charge on any atom is 0.337 e. The Morgan fingerprint density at radius 1 is 1.05 bits per heavy atom. The smallest absolute Gasteiger partial charge is 0.337 e. The summed E-state index contributed by atoms with van der Waals surface area (Å²) in [5.74, 6) is 0.116. The fourth-order valence-electron chi connectivity index (χ4n) is 4.61. The van der Waals surface area contributed by atoms with Gasteiger partial charge in [0.05, 0.1) is 43.7 Å².